The van der Waals surface area contributed by atoms with E-state index in [0.29, 0.717) is 5.75 Å². The van der Waals surface area contributed by atoms with Crippen molar-refractivity contribution in [1.82, 2.24) is 4.98 Å². The summed E-state index contributed by atoms with van der Waals surface area (Å²) in [5.74, 6) is 0.220. The lowest BCUT2D eigenvalue weighted by Crippen LogP contribution is -2.00. The van der Waals surface area contributed by atoms with Gasteiger partial charge >= 0.3 is 5.97 Å². The average molecular weight is 371 g/mol. The Balaban J connectivity index is 1.74. The number of pyridine rings is 1. The van der Waals surface area contributed by atoms with Gasteiger partial charge in [0.1, 0.15) is 5.75 Å². The van der Waals surface area contributed by atoms with Crippen molar-refractivity contribution in [2.24, 2.45) is 0 Å². The fourth-order valence-electron chi connectivity index (χ4n) is 2.93. The summed E-state index contributed by atoms with van der Waals surface area (Å²) in [5, 5.41) is 1.13. The lowest BCUT2D eigenvalue weighted by Gasteiger charge is -2.03. The Bertz CT molecular complexity index is 1020. The average Bonchev–Trinajstić information content (AvgIpc) is 2.69. The number of carbonyl (C=O) groups is 1. The highest BCUT2D eigenvalue weighted by Gasteiger charge is 2.00. The van der Waals surface area contributed by atoms with Crippen LogP contribution in [0.4, 0.5) is 0 Å². The van der Waals surface area contributed by atoms with Gasteiger partial charge in [0, 0.05) is 12.3 Å². The number of nitrogens with zero attached hydrogens (tertiary/aromatic N) is 1. The van der Waals surface area contributed by atoms with Gasteiger partial charge in [0.25, 0.3) is 0 Å². The summed E-state index contributed by atoms with van der Waals surface area (Å²) in [6.45, 7) is 3.60. The predicted octanol–water partition coefficient (Wildman–Crippen LogP) is 6.53. The first kappa shape index (κ1) is 19.6. The van der Waals surface area contributed by atoms with Gasteiger partial charge in [-0.15, -0.1) is 0 Å². The summed E-state index contributed by atoms with van der Waals surface area (Å²) in [6, 6.07) is 17.9. The number of ether oxygens (including phenoxy) is 1. The van der Waals surface area contributed by atoms with Gasteiger partial charge < -0.3 is 4.74 Å². The zero-order valence-corrected chi connectivity index (χ0v) is 16.4. The van der Waals surface area contributed by atoms with Crippen LogP contribution in [0.2, 0.25) is 0 Å². The Morgan fingerprint density at radius 1 is 1.00 bits per heavy atom. The summed E-state index contributed by atoms with van der Waals surface area (Å²) >= 11 is 0. The molecule has 0 bridgehead atoms. The molecule has 0 saturated carbocycles. The van der Waals surface area contributed by atoms with Crippen LogP contribution in [0.3, 0.4) is 0 Å². The Morgan fingerprint density at radius 3 is 2.68 bits per heavy atom. The molecule has 0 N–H and O–H groups in total. The van der Waals surface area contributed by atoms with E-state index in [4.69, 9.17) is 9.72 Å². The molecule has 1 aromatic heterocycles. The second-order valence-electron chi connectivity index (χ2n) is 6.73. The third kappa shape index (κ3) is 5.65. The minimum atomic E-state index is -0.322. The molecular formula is C25H25NO2. The summed E-state index contributed by atoms with van der Waals surface area (Å²) in [7, 11) is 0. The maximum Gasteiger partial charge on any atom is 0.308 e. The van der Waals surface area contributed by atoms with Crippen molar-refractivity contribution in [3.05, 3.63) is 77.5 Å². The van der Waals surface area contributed by atoms with E-state index in [-0.39, 0.29) is 5.97 Å². The van der Waals surface area contributed by atoms with Crippen LogP contribution in [0.1, 0.15) is 49.9 Å². The number of hydrogen-bond donors (Lipinski definition) is 0. The molecule has 0 atom stereocenters. The maximum absolute atomic E-state index is 11.1. The molecule has 3 aromatic rings. The van der Waals surface area contributed by atoms with Gasteiger partial charge in [-0.3, -0.25) is 4.79 Å². The molecule has 0 fully saturated rings. The van der Waals surface area contributed by atoms with Crippen LogP contribution in [0.15, 0.2) is 60.7 Å². The molecular weight excluding hydrogens is 346 g/mol. The summed E-state index contributed by atoms with van der Waals surface area (Å²) in [6.07, 6.45) is 11.9. The highest BCUT2D eigenvalue weighted by Crippen LogP contribution is 2.19. The van der Waals surface area contributed by atoms with E-state index in [2.05, 4.69) is 43.3 Å². The van der Waals surface area contributed by atoms with Crippen molar-refractivity contribution < 1.29 is 9.53 Å². The Morgan fingerprint density at radius 2 is 1.86 bits per heavy atom. The fourth-order valence-corrected chi connectivity index (χ4v) is 2.93. The van der Waals surface area contributed by atoms with Gasteiger partial charge in [0.2, 0.25) is 0 Å². The second-order valence-corrected chi connectivity index (χ2v) is 6.73. The third-order valence-electron chi connectivity index (χ3n) is 4.34. The SMILES string of the molecule is CCCC/C=C/c1ccc2nc(/C=C/c3cccc(OC(C)=O)c3)ccc2c1. The molecule has 0 aliphatic rings. The van der Waals surface area contributed by atoms with Gasteiger partial charge in [-0.05, 0) is 54.0 Å². The van der Waals surface area contributed by atoms with Crippen LogP contribution < -0.4 is 4.74 Å². The number of benzene rings is 2. The van der Waals surface area contributed by atoms with Crippen molar-refractivity contribution in [1.29, 1.82) is 0 Å². The van der Waals surface area contributed by atoms with Gasteiger partial charge in [-0.1, -0.05) is 62.3 Å². The largest absolute Gasteiger partial charge is 0.427 e. The van der Waals surface area contributed by atoms with E-state index in [0.717, 1.165) is 28.6 Å². The molecule has 3 heteroatoms. The van der Waals surface area contributed by atoms with Crippen molar-refractivity contribution in [3.63, 3.8) is 0 Å². The summed E-state index contributed by atoms with van der Waals surface area (Å²) in [4.78, 5) is 15.8. The lowest BCUT2D eigenvalue weighted by atomic mass is 10.1. The number of esters is 1. The molecule has 2 aromatic carbocycles. The number of aromatic nitrogens is 1. The Hall–Kier alpha value is -3.20. The number of rotatable bonds is 7. The Labute approximate surface area is 166 Å². The molecule has 28 heavy (non-hydrogen) atoms. The minimum absolute atomic E-state index is 0.322. The number of fused-ring (bicyclic) bond motifs is 1. The van der Waals surface area contributed by atoms with Crippen LogP contribution in [0, 0.1) is 0 Å². The van der Waals surface area contributed by atoms with E-state index < -0.39 is 0 Å². The quantitative estimate of drug-likeness (QED) is 0.269. The fraction of sp³-hybridized carbons (Fsp3) is 0.200. The molecule has 0 aliphatic carbocycles. The molecule has 0 spiro atoms. The third-order valence-corrected chi connectivity index (χ3v) is 4.34. The summed E-state index contributed by atoms with van der Waals surface area (Å²) in [5.41, 5.74) is 4.02. The molecule has 142 valence electrons. The topological polar surface area (TPSA) is 39.2 Å². The minimum Gasteiger partial charge on any atom is -0.427 e. The standard InChI is InChI=1S/C25H25NO2/c1-3-4-5-6-8-20-12-16-25-22(17-20)13-15-23(26-25)14-11-21-9-7-10-24(18-21)28-19(2)27/h6-18H,3-5H2,1-2H3/b8-6+,14-11+. The van der Waals surface area contributed by atoms with E-state index in [1.165, 1.54) is 25.3 Å². The molecule has 0 amide bonds. The first-order valence-electron chi connectivity index (χ1n) is 9.68. The highest BCUT2D eigenvalue weighted by atomic mass is 16.5. The van der Waals surface area contributed by atoms with Gasteiger partial charge in [-0.25, -0.2) is 4.98 Å². The molecule has 0 saturated heterocycles. The van der Waals surface area contributed by atoms with Crippen molar-refractivity contribution in [2.75, 3.05) is 0 Å². The van der Waals surface area contributed by atoms with Gasteiger partial charge in [-0.2, -0.15) is 0 Å². The number of allylic oxidation sites excluding steroid dienone is 1. The summed E-state index contributed by atoms with van der Waals surface area (Å²) < 4.78 is 5.12. The molecule has 0 radical (unpaired) electrons. The predicted molar refractivity (Wildman–Crippen MR) is 117 cm³/mol. The van der Waals surface area contributed by atoms with E-state index >= 15 is 0 Å². The number of hydrogen-bond acceptors (Lipinski definition) is 3. The van der Waals surface area contributed by atoms with Crippen molar-refractivity contribution >= 4 is 35.1 Å². The second kappa shape index (κ2) is 9.65. The maximum atomic E-state index is 11.1. The molecule has 3 rings (SSSR count). The first-order chi connectivity index (χ1) is 13.6. The monoisotopic (exact) mass is 371 g/mol. The van der Waals surface area contributed by atoms with Crippen molar-refractivity contribution in [3.8, 4) is 5.75 Å². The molecule has 1 heterocycles. The van der Waals surface area contributed by atoms with Crippen LogP contribution in [0.5, 0.6) is 5.75 Å². The van der Waals surface area contributed by atoms with Crippen LogP contribution in [-0.4, -0.2) is 11.0 Å². The normalized spacial score (nSPS) is 11.5. The van der Waals surface area contributed by atoms with E-state index in [1.54, 1.807) is 6.07 Å². The zero-order chi connectivity index (χ0) is 19.8. The van der Waals surface area contributed by atoms with E-state index in [9.17, 15) is 4.79 Å². The van der Waals surface area contributed by atoms with Crippen LogP contribution in [-0.2, 0) is 4.79 Å². The lowest BCUT2D eigenvalue weighted by molar-refractivity contribution is -0.131. The van der Waals surface area contributed by atoms with E-state index in [1.807, 2.05) is 36.4 Å². The van der Waals surface area contributed by atoms with Crippen LogP contribution in [0.25, 0.3) is 29.1 Å². The molecule has 0 unspecified atom stereocenters. The highest BCUT2D eigenvalue weighted by molar-refractivity contribution is 5.83. The Kier molecular flexibility index (Phi) is 6.74. The smallest absolute Gasteiger partial charge is 0.308 e. The van der Waals surface area contributed by atoms with Crippen LogP contribution >= 0.6 is 0 Å². The first-order valence-corrected chi connectivity index (χ1v) is 9.68. The van der Waals surface area contributed by atoms with Gasteiger partial charge in [0.15, 0.2) is 0 Å². The van der Waals surface area contributed by atoms with Gasteiger partial charge in [0.05, 0.1) is 11.2 Å². The number of carbonyl (C=O) groups excluding carboxylic acids is 1. The number of unbranched alkanes of at least 4 members (excludes halogenated alkanes) is 2. The zero-order valence-electron chi connectivity index (χ0n) is 16.4. The van der Waals surface area contributed by atoms with Crippen molar-refractivity contribution in [2.45, 2.75) is 33.1 Å². The molecule has 3 nitrogen and oxygen atoms in total. The molecule has 0 aliphatic heterocycles.